The van der Waals surface area contributed by atoms with Crippen molar-refractivity contribution in [2.45, 2.75) is 5.51 Å². The smallest absolute Gasteiger partial charge is 0.384 e. The first-order chi connectivity index (χ1) is 7.38. The monoisotopic (exact) mass is 273 g/mol. The van der Waals surface area contributed by atoms with Gasteiger partial charge >= 0.3 is 5.51 Å². The largest absolute Gasteiger partial charge is 0.441 e. The van der Waals surface area contributed by atoms with Gasteiger partial charge in [-0.2, -0.15) is 13.2 Å². The van der Waals surface area contributed by atoms with E-state index in [1.165, 1.54) is 12.1 Å². The second-order valence-electron chi connectivity index (χ2n) is 2.85. The van der Waals surface area contributed by atoms with Crippen LogP contribution < -0.4 is 5.32 Å². The minimum Gasteiger partial charge on any atom is -0.384 e. The van der Waals surface area contributed by atoms with E-state index in [0.717, 1.165) is 6.07 Å². The van der Waals surface area contributed by atoms with Crippen molar-refractivity contribution in [2.75, 3.05) is 17.6 Å². The van der Waals surface area contributed by atoms with Gasteiger partial charge in [0.15, 0.2) is 0 Å². The summed E-state index contributed by atoms with van der Waals surface area (Å²) in [6.07, 6.45) is 0. The maximum absolute atomic E-state index is 12.9. The molecular formula is C9H8ClF4NS. The summed E-state index contributed by atoms with van der Waals surface area (Å²) in [6.45, 7) is 0.102. The quantitative estimate of drug-likeness (QED) is 0.653. The van der Waals surface area contributed by atoms with Gasteiger partial charge in [-0.25, -0.2) is 4.39 Å². The molecular weight excluding hydrogens is 266 g/mol. The molecule has 0 atom stereocenters. The number of hydrogen-bond acceptors (Lipinski definition) is 2. The summed E-state index contributed by atoms with van der Waals surface area (Å²) in [5.41, 5.74) is -3.82. The summed E-state index contributed by atoms with van der Waals surface area (Å²) >= 11 is 5.32. The van der Waals surface area contributed by atoms with Crippen molar-refractivity contribution in [1.82, 2.24) is 0 Å². The molecule has 1 nitrogen and oxygen atoms in total. The summed E-state index contributed by atoms with van der Waals surface area (Å²) in [7, 11) is 0. The Morgan fingerprint density at radius 3 is 2.56 bits per heavy atom. The Labute approximate surface area is 99.2 Å². The Morgan fingerprint density at radius 2 is 2.00 bits per heavy atom. The maximum atomic E-state index is 12.9. The zero-order valence-electron chi connectivity index (χ0n) is 7.94. The third-order valence-corrected chi connectivity index (χ3v) is 2.66. The zero-order valence-corrected chi connectivity index (χ0v) is 9.52. The number of halogens is 5. The molecule has 0 aromatic heterocycles. The summed E-state index contributed by atoms with van der Waals surface area (Å²) in [4.78, 5) is 0. The van der Waals surface area contributed by atoms with Crippen molar-refractivity contribution < 1.29 is 17.6 Å². The molecule has 0 fully saturated rings. The number of benzene rings is 1. The van der Waals surface area contributed by atoms with Crippen LogP contribution in [-0.2, 0) is 0 Å². The van der Waals surface area contributed by atoms with Crippen LogP contribution in [0.25, 0.3) is 0 Å². The molecule has 0 saturated carbocycles. The first kappa shape index (κ1) is 13.4. The topological polar surface area (TPSA) is 12.0 Å². The normalized spacial score (nSPS) is 11.6. The van der Waals surface area contributed by atoms with E-state index in [-0.39, 0.29) is 29.1 Å². The second kappa shape index (κ2) is 5.63. The Balaban J connectivity index is 2.35. The highest BCUT2D eigenvalue weighted by Gasteiger charge is 2.27. The van der Waals surface area contributed by atoms with Gasteiger partial charge in [0.1, 0.15) is 5.82 Å². The fourth-order valence-corrected chi connectivity index (χ4v) is 1.52. The molecule has 0 aliphatic rings. The minimum absolute atomic E-state index is 0.0183. The molecule has 0 amide bonds. The van der Waals surface area contributed by atoms with Crippen LogP contribution in [0.15, 0.2) is 18.2 Å². The Hall–Kier alpha value is -0.620. The van der Waals surface area contributed by atoms with E-state index in [1.54, 1.807) is 0 Å². The number of hydrogen-bond donors (Lipinski definition) is 1. The molecule has 0 unspecified atom stereocenters. The van der Waals surface area contributed by atoms with Crippen LogP contribution in [0.4, 0.5) is 23.2 Å². The van der Waals surface area contributed by atoms with E-state index in [2.05, 4.69) is 5.32 Å². The molecule has 7 heteroatoms. The van der Waals surface area contributed by atoms with Crippen molar-refractivity contribution in [3.8, 4) is 0 Å². The molecule has 1 aromatic carbocycles. The number of alkyl halides is 3. The molecule has 1 N–H and O–H groups in total. The molecule has 1 aromatic rings. The van der Waals surface area contributed by atoms with E-state index in [0.29, 0.717) is 5.69 Å². The SMILES string of the molecule is Fc1cc(NCCSC(F)(F)F)ccc1Cl. The van der Waals surface area contributed by atoms with Crippen molar-refractivity contribution >= 4 is 29.1 Å². The highest BCUT2D eigenvalue weighted by molar-refractivity contribution is 8.00. The average Bonchev–Trinajstić information content (AvgIpc) is 2.17. The van der Waals surface area contributed by atoms with Gasteiger partial charge in [0.2, 0.25) is 0 Å². The first-order valence-electron chi connectivity index (χ1n) is 4.28. The van der Waals surface area contributed by atoms with Crippen LogP contribution in [0.5, 0.6) is 0 Å². The van der Waals surface area contributed by atoms with Crippen molar-refractivity contribution in [3.05, 3.63) is 29.0 Å². The van der Waals surface area contributed by atoms with Crippen molar-refractivity contribution in [1.29, 1.82) is 0 Å². The molecule has 1 rings (SSSR count). The summed E-state index contributed by atoms with van der Waals surface area (Å²) < 4.78 is 48.2. The van der Waals surface area contributed by atoms with Gasteiger partial charge in [0.25, 0.3) is 0 Å². The predicted octanol–water partition coefficient (Wildman–Crippen LogP) is 4.14. The average molecular weight is 274 g/mol. The van der Waals surface area contributed by atoms with Gasteiger partial charge in [-0.05, 0) is 30.0 Å². The lowest BCUT2D eigenvalue weighted by Gasteiger charge is -2.08. The standard InChI is InChI=1S/C9H8ClF4NS/c10-7-2-1-6(5-8(7)11)15-3-4-16-9(12,13)14/h1-2,5,15H,3-4H2. The first-order valence-corrected chi connectivity index (χ1v) is 5.64. The van der Waals surface area contributed by atoms with E-state index in [4.69, 9.17) is 11.6 Å². The van der Waals surface area contributed by atoms with Gasteiger partial charge < -0.3 is 5.32 Å². The Kier molecular flexibility index (Phi) is 4.73. The Bertz CT molecular complexity index is 356. The fourth-order valence-electron chi connectivity index (χ4n) is 0.968. The second-order valence-corrected chi connectivity index (χ2v) is 4.42. The fraction of sp³-hybridized carbons (Fsp3) is 0.333. The molecule has 0 aliphatic carbocycles. The van der Waals surface area contributed by atoms with Crippen LogP contribution in [0.1, 0.15) is 0 Å². The number of rotatable bonds is 4. The van der Waals surface area contributed by atoms with Crippen molar-refractivity contribution in [2.24, 2.45) is 0 Å². The number of anilines is 1. The maximum Gasteiger partial charge on any atom is 0.441 e. The Morgan fingerprint density at radius 1 is 1.31 bits per heavy atom. The lowest BCUT2D eigenvalue weighted by atomic mass is 10.3. The molecule has 0 bridgehead atoms. The number of thioether (sulfide) groups is 1. The van der Waals surface area contributed by atoms with Crippen molar-refractivity contribution in [3.63, 3.8) is 0 Å². The molecule has 0 radical (unpaired) electrons. The van der Waals surface area contributed by atoms with Gasteiger partial charge in [0.05, 0.1) is 5.02 Å². The van der Waals surface area contributed by atoms with Crippen LogP contribution >= 0.6 is 23.4 Å². The van der Waals surface area contributed by atoms with Gasteiger partial charge in [-0.3, -0.25) is 0 Å². The predicted molar refractivity (Wildman–Crippen MR) is 58.4 cm³/mol. The summed E-state index contributed by atoms with van der Waals surface area (Å²) in [5, 5.41) is 2.65. The van der Waals surface area contributed by atoms with E-state index in [9.17, 15) is 17.6 Å². The molecule has 16 heavy (non-hydrogen) atoms. The summed E-state index contributed by atoms with van der Waals surface area (Å²) in [6, 6.07) is 3.99. The lowest BCUT2D eigenvalue weighted by molar-refractivity contribution is -0.0327. The molecule has 0 saturated heterocycles. The van der Waals surface area contributed by atoms with E-state index in [1.807, 2.05) is 0 Å². The third kappa shape index (κ3) is 4.94. The van der Waals surface area contributed by atoms with Crippen LogP contribution in [-0.4, -0.2) is 17.8 Å². The molecule has 0 aliphatic heterocycles. The van der Waals surface area contributed by atoms with Crippen LogP contribution in [0.2, 0.25) is 5.02 Å². The molecule has 0 spiro atoms. The highest BCUT2D eigenvalue weighted by Crippen LogP contribution is 2.29. The highest BCUT2D eigenvalue weighted by atomic mass is 35.5. The van der Waals surface area contributed by atoms with Gasteiger partial charge in [0, 0.05) is 18.0 Å². The minimum atomic E-state index is -4.23. The lowest BCUT2D eigenvalue weighted by Crippen LogP contribution is -2.09. The summed E-state index contributed by atoms with van der Waals surface area (Å²) in [5.74, 6) is -0.733. The van der Waals surface area contributed by atoms with Crippen LogP contribution in [0.3, 0.4) is 0 Å². The number of nitrogens with one attached hydrogen (secondary N) is 1. The van der Waals surface area contributed by atoms with E-state index >= 15 is 0 Å². The molecule has 0 heterocycles. The zero-order chi connectivity index (χ0) is 12.2. The third-order valence-electron chi connectivity index (χ3n) is 1.62. The van der Waals surface area contributed by atoms with Gasteiger partial charge in [-0.15, -0.1) is 0 Å². The van der Waals surface area contributed by atoms with E-state index < -0.39 is 11.3 Å². The van der Waals surface area contributed by atoms with Gasteiger partial charge in [-0.1, -0.05) is 11.6 Å². The molecule has 90 valence electrons. The van der Waals surface area contributed by atoms with Crippen LogP contribution in [0, 0.1) is 5.82 Å².